The zero-order valence-corrected chi connectivity index (χ0v) is 19.7. The minimum absolute atomic E-state index is 0.0663. The molecule has 0 spiro atoms. The van der Waals surface area contributed by atoms with Crippen LogP contribution in [0.2, 0.25) is 0 Å². The molecule has 7 heteroatoms. The number of fused-ring (bicyclic) bond motifs is 3. The lowest BCUT2D eigenvalue weighted by atomic mass is 9.77. The third-order valence-corrected chi connectivity index (χ3v) is 8.48. The molecule has 0 aromatic carbocycles. The first-order valence-corrected chi connectivity index (χ1v) is 12.3. The number of carbonyl (C=O) groups excluding carboxylic acids is 2. The lowest BCUT2D eigenvalue weighted by Gasteiger charge is -2.45. The van der Waals surface area contributed by atoms with Crippen LogP contribution in [0.5, 0.6) is 0 Å². The van der Waals surface area contributed by atoms with E-state index >= 15 is 0 Å². The summed E-state index contributed by atoms with van der Waals surface area (Å²) in [5.41, 5.74) is 1.61. The number of aromatic nitrogens is 2. The number of hydrogen-bond acceptors (Lipinski definition) is 4. The Bertz CT molecular complexity index is 1150. The standard InChI is InChI=1S/C25H30N4O2S/c1-16-6-4-8-19(17(16)2)27-24(31)25(3)15-28-20-9-11-32-22(20)12-21(28)23(30)29(25)14-18-7-5-10-26-13-18/h5,7,9-13,16-17,19H,4,6,8,14-15H2,1-3H3,(H,27,31)/t16-,17+,19+,25-/m1/s1. The molecule has 0 bridgehead atoms. The first kappa shape index (κ1) is 21.2. The summed E-state index contributed by atoms with van der Waals surface area (Å²) < 4.78 is 3.11. The molecule has 2 amide bonds. The number of pyridine rings is 1. The number of nitrogens with one attached hydrogen (secondary N) is 1. The van der Waals surface area contributed by atoms with E-state index in [4.69, 9.17) is 0 Å². The zero-order chi connectivity index (χ0) is 22.5. The van der Waals surface area contributed by atoms with Crippen LogP contribution < -0.4 is 5.32 Å². The summed E-state index contributed by atoms with van der Waals surface area (Å²) in [6.45, 7) is 7.20. The second-order valence-corrected chi connectivity index (χ2v) is 10.6. The number of thiophene rings is 1. The lowest BCUT2D eigenvalue weighted by molar-refractivity contribution is -0.134. The van der Waals surface area contributed by atoms with Gasteiger partial charge < -0.3 is 14.8 Å². The monoisotopic (exact) mass is 450 g/mol. The minimum Gasteiger partial charge on any atom is -0.351 e. The third kappa shape index (κ3) is 3.43. The van der Waals surface area contributed by atoms with E-state index in [1.54, 1.807) is 28.6 Å². The fraction of sp³-hybridized carbons (Fsp3) is 0.480. The van der Waals surface area contributed by atoms with Crippen molar-refractivity contribution in [2.24, 2.45) is 11.8 Å². The van der Waals surface area contributed by atoms with Gasteiger partial charge in [-0.2, -0.15) is 0 Å². The highest BCUT2D eigenvalue weighted by molar-refractivity contribution is 7.17. The van der Waals surface area contributed by atoms with Crippen LogP contribution in [0.1, 0.15) is 56.1 Å². The Morgan fingerprint density at radius 2 is 2.16 bits per heavy atom. The highest BCUT2D eigenvalue weighted by Crippen LogP contribution is 2.36. The molecule has 4 heterocycles. The summed E-state index contributed by atoms with van der Waals surface area (Å²) >= 11 is 1.62. The molecular weight excluding hydrogens is 420 g/mol. The number of rotatable bonds is 4. The van der Waals surface area contributed by atoms with Crippen molar-refractivity contribution in [2.75, 3.05) is 0 Å². The van der Waals surface area contributed by atoms with Crippen LogP contribution in [0.4, 0.5) is 0 Å². The molecular formula is C25H30N4O2S. The third-order valence-electron chi connectivity index (χ3n) is 7.62. The van der Waals surface area contributed by atoms with E-state index < -0.39 is 5.54 Å². The maximum absolute atomic E-state index is 13.9. The average molecular weight is 451 g/mol. The van der Waals surface area contributed by atoms with Crippen molar-refractivity contribution < 1.29 is 9.59 Å². The van der Waals surface area contributed by atoms with Gasteiger partial charge in [0.15, 0.2) is 0 Å². The smallest absolute Gasteiger partial charge is 0.271 e. The molecule has 0 radical (unpaired) electrons. The van der Waals surface area contributed by atoms with Gasteiger partial charge in [0, 0.05) is 25.0 Å². The van der Waals surface area contributed by atoms with Crippen molar-refractivity contribution in [1.82, 2.24) is 19.8 Å². The molecule has 1 N–H and O–H groups in total. The van der Waals surface area contributed by atoms with Gasteiger partial charge in [0.2, 0.25) is 5.91 Å². The van der Waals surface area contributed by atoms with Crippen LogP contribution in [0.15, 0.2) is 42.0 Å². The largest absolute Gasteiger partial charge is 0.351 e. The summed E-state index contributed by atoms with van der Waals surface area (Å²) in [4.78, 5) is 33.5. The van der Waals surface area contributed by atoms with Crippen LogP contribution in [0, 0.1) is 11.8 Å². The number of nitrogens with zero attached hydrogens (tertiary/aromatic N) is 3. The first-order chi connectivity index (χ1) is 15.4. The summed E-state index contributed by atoms with van der Waals surface area (Å²) in [5.74, 6) is 0.838. The van der Waals surface area contributed by atoms with Gasteiger partial charge in [-0.3, -0.25) is 14.6 Å². The number of hydrogen-bond donors (Lipinski definition) is 1. The molecule has 1 aliphatic carbocycles. The molecule has 0 unspecified atom stereocenters. The Labute approximate surface area is 192 Å². The second-order valence-electron chi connectivity index (χ2n) is 9.66. The van der Waals surface area contributed by atoms with Crippen LogP contribution in [-0.4, -0.2) is 37.8 Å². The van der Waals surface area contributed by atoms with Gasteiger partial charge in [0.1, 0.15) is 11.2 Å². The summed E-state index contributed by atoms with van der Waals surface area (Å²) in [6.07, 6.45) is 6.82. The Balaban J connectivity index is 1.52. The lowest BCUT2D eigenvalue weighted by Crippen LogP contribution is -2.65. The van der Waals surface area contributed by atoms with Gasteiger partial charge in [0.25, 0.3) is 5.91 Å². The molecule has 2 aliphatic rings. The van der Waals surface area contributed by atoms with Gasteiger partial charge in [-0.05, 0) is 54.3 Å². The predicted octanol–water partition coefficient (Wildman–Crippen LogP) is 4.45. The van der Waals surface area contributed by atoms with E-state index in [0.717, 1.165) is 28.6 Å². The van der Waals surface area contributed by atoms with Gasteiger partial charge in [-0.25, -0.2) is 0 Å². The van der Waals surface area contributed by atoms with E-state index in [2.05, 4.69) is 24.1 Å². The highest BCUT2D eigenvalue weighted by Gasteiger charge is 2.48. The molecule has 1 aliphatic heterocycles. The van der Waals surface area contributed by atoms with E-state index in [1.165, 1.54) is 6.42 Å². The molecule has 168 valence electrons. The van der Waals surface area contributed by atoms with Gasteiger partial charge in [-0.15, -0.1) is 11.3 Å². The van der Waals surface area contributed by atoms with Crippen molar-refractivity contribution >= 4 is 33.4 Å². The fourth-order valence-electron chi connectivity index (χ4n) is 5.30. The maximum atomic E-state index is 13.9. The van der Waals surface area contributed by atoms with Crippen LogP contribution in [0.3, 0.4) is 0 Å². The Kier molecular flexibility index (Phi) is 5.32. The minimum atomic E-state index is -0.992. The van der Waals surface area contributed by atoms with E-state index in [-0.39, 0.29) is 17.9 Å². The molecule has 5 rings (SSSR count). The van der Waals surface area contributed by atoms with E-state index in [0.29, 0.717) is 30.6 Å². The number of carbonyl (C=O) groups is 2. The highest BCUT2D eigenvalue weighted by atomic mass is 32.1. The van der Waals surface area contributed by atoms with Crippen molar-refractivity contribution in [1.29, 1.82) is 0 Å². The van der Waals surface area contributed by atoms with Crippen molar-refractivity contribution in [3.63, 3.8) is 0 Å². The van der Waals surface area contributed by atoms with Crippen molar-refractivity contribution in [2.45, 2.75) is 64.7 Å². The molecule has 1 fully saturated rings. The van der Waals surface area contributed by atoms with Gasteiger partial charge in [-0.1, -0.05) is 32.8 Å². The molecule has 32 heavy (non-hydrogen) atoms. The molecule has 0 saturated heterocycles. The Morgan fingerprint density at radius 3 is 2.94 bits per heavy atom. The van der Waals surface area contributed by atoms with Crippen molar-refractivity contribution in [3.05, 3.63) is 53.3 Å². The van der Waals surface area contributed by atoms with Gasteiger partial charge in [0.05, 0.1) is 16.8 Å². The van der Waals surface area contributed by atoms with Crippen LogP contribution in [0.25, 0.3) is 10.2 Å². The van der Waals surface area contributed by atoms with Gasteiger partial charge >= 0.3 is 0 Å². The average Bonchev–Trinajstić information content (AvgIpc) is 3.37. The summed E-state index contributed by atoms with van der Waals surface area (Å²) in [7, 11) is 0. The Hall–Kier alpha value is -2.67. The summed E-state index contributed by atoms with van der Waals surface area (Å²) in [6, 6.07) is 7.96. The maximum Gasteiger partial charge on any atom is 0.271 e. The molecule has 3 aromatic rings. The predicted molar refractivity (Wildman–Crippen MR) is 126 cm³/mol. The second kappa shape index (κ2) is 8.03. The number of amides is 2. The van der Waals surface area contributed by atoms with Crippen molar-refractivity contribution in [3.8, 4) is 0 Å². The van der Waals surface area contributed by atoms with E-state index in [9.17, 15) is 9.59 Å². The van der Waals surface area contributed by atoms with Crippen LogP contribution >= 0.6 is 11.3 Å². The fourth-order valence-corrected chi connectivity index (χ4v) is 6.13. The molecule has 6 nitrogen and oxygen atoms in total. The van der Waals surface area contributed by atoms with Crippen LogP contribution in [-0.2, 0) is 17.9 Å². The normalized spacial score (nSPS) is 28.0. The zero-order valence-electron chi connectivity index (χ0n) is 18.9. The topological polar surface area (TPSA) is 67.2 Å². The molecule has 4 atom stereocenters. The first-order valence-electron chi connectivity index (χ1n) is 11.5. The SMILES string of the molecule is C[C@H]1[C@H](C)CCC[C@@H]1NC(=O)[C@@]1(C)Cn2c(cc3sccc32)C(=O)N1Cc1cccnc1. The molecule has 3 aromatic heterocycles. The molecule has 1 saturated carbocycles. The Morgan fingerprint density at radius 1 is 1.31 bits per heavy atom. The van der Waals surface area contributed by atoms with E-state index in [1.807, 2.05) is 41.1 Å². The quantitative estimate of drug-likeness (QED) is 0.638. The summed E-state index contributed by atoms with van der Waals surface area (Å²) in [5, 5.41) is 5.39.